The zero-order valence-electron chi connectivity index (χ0n) is 54.6. The van der Waals surface area contributed by atoms with E-state index in [4.69, 9.17) is 42.6 Å². The van der Waals surface area contributed by atoms with Gasteiger partial charge in [-0.05, 0) is 159 Å². The Morgan fingerprint density at radius 3 is 1.74 bits per heavy atom. The molecule has 14 heteroatoms. The van der Waals surface area contributed by atoms with Gasteiger partial charge in [0, 0.05) is 42.4 Å². The number of hydrogen-bond donors (Lipinski definition) is 0. The van der Waals surface area contributed by atoms with Crippen molar-refractivity contribution >= 4 is 29.5 Å². The Hall–Kier alpha value is -4.83. The molecule has 3 aromatic rings. The first-order valence-electron chi connectivity index (χ1n) is 33.8. The summed E-state index contributed by atoms with van der Waals surface area (Å²) in [6.45, 7) is 26.4. The molecule has 482 valence electrons. The van der Waals surface area contributed by atoms with Gasteiger partial charge in [-0.1, -0.05) is 138 Å². The van der Waals surface area contributed by atoms with Crippen molar-refractivity contribution in [1.29, 1.82) is 0 Å². The number of esters is 3. The molecule has 88 heavy (non-hydrogen) atoms. The van der Waals surface area contributed by atoms with E-state index in [1.54, 1.807) is 60.7 Å². The summed E-state index contributed by atoms with van der Waals surface area (Å²) in [5, 5.41) is 0. The standard InChI is InChI=1S/C74H102O14/c1-13-60-44(5)43(4)46(7)71(83-60)88-64-45(6)47(8)70(85-62(64)41-80-67(77)50-24-18-15-19-25-50)82-54-34-36-73(11)53(38-54)31-32-55-56(73)35-37-74(12)57(55)39-59(76)63(74)48(9)58(75)33-30-42(3)40-81-72-66(87-69(79)52-28-22-17-23-29-52)65(49(10)61(14-2)84-72)86-68(78)51-26-20-16-21-27-51/h15-29,42-49,53-57,60-66,70-72H,13-14,30-41H2,1-12H3/t42-,43-,44-,45+,46?,47?,48+,49+,53?,54?,55?,56?,57?,60?,61?,62?,63?,64-,65-,66?,70+,71-,72+,73?,74?/m0/s1. The Bertz CT molecular complexity index is 2830. The van der Waals surface area contributed by atoms with E-state index in [-0.39, 0.29) is 101 Å². The number of fused-ring (bicyclic) bond motifs is 5. The highest BCUT2D eigenvalue weighted by molar-refractivity contribution is 5.92. The van der Waals surface area contributed by atoms with Gasteiger partial charge in [0.25, 0.3) is 0 Å². The summed E-state index contributed by atoms with van der Waals surface area (Å²) in [7, 11) is 0. The second-order valence-corrected chi connectivity index (χ2v) is 28.8. The third kappa shape index (κ3) is 13.7. The average molecular weight is 1220 g/mol. The van der Waals surface area contributed by atoms with E-state index in [9.17, 15) is 24.0 Å². The first-order chi connectivity index (χ1) is 42.1. The molecule has 10 rings (SSSR count). The number of ether oxygens (including phenoxy) is 9. The van der Waals surface area contributed by atoms with Crippen molar-refractivity contribution in [3.8, 4) is 0 Å². The molecule has 0 spiro atoms. The zero-order chi connectivity index (χ0) is 62.8. The van der Waals surface area contributed by atoms with Gasteiger partial charge in [0.05, 0.1) is 47.7 Å². The molecular weight excluding hydrogens is 1110 g/mol. The van der Waals surface area contributed by atoms with Crippen LogP contribution in [0.25, 0.3) is 0 Å². The maximum atomic E-state index is 14.5. The van der Waals surface area contributed by atoms with Crippen LogP contribution in [-0.4, -0.2) is 104 Å². The van der Waals surface area contributed by atoms with Gasteiger partial charge in [-0.3, -0.25) is 9.59 Å². The third-order valence-corrected chi connectivity index (χ3v) is 23.7. The molecule has 3 saturated heterocycles. The lowest BCUT2D eigenvalue weighted by molar-refractivity contribution is -0.333. The number of benzene rings is 3. The monoisotopic (exact) mass is 1210 g/mol. The van der Waals surface area contributed by atoms with Gasteiger partial charge in [0.15, 0.2) is 25.0 Å². The zero-order valence-corrected chi connectivity index (χ0v) is 54.6. The van der Waals surface area contributed by atoms with E-state index in [0.717, 1.165) is 51.4 Å². The highest BCUT2D eigenvalue weighted by Gasteiger charge is 2.64. The number of carbonyl (C=O) groups excluding carboxylic acids is 5. The fraction of sp³-hybridized carbons (Fsp3) is 0.689. The summed E-state index contributed by atoms with van der Waals surface area (Å²) in [4.78, 5) is 69.5. The Labute approximate surface area is 524 Å². The number of hydrogen-bond acceptors (Lipinski definition) is 14. The summed E-state index contributed by atoms with van der Waals surface area (Å²) >= 11 is 0. The van der Waals surface area contributed by atoms with Crippen LogP contribution in [0.4, 0.5) is 0 Å². The molecule has 14 unspecified atom stereocenters. The van der Waals surface area contributed by atoms with Gasteiger partial charge < -0.3 is 42.6 Å². The molecule has 25 atom stereocenters. The summed E-state index contributed by atoms with van der Waals surface area (Å²) in [5.41, 5.74) is 1.09. The summed E-state index contributed by atoms with van der Waals surface area (Å²) < 4.78 is 59.2. The minimum absolute atomic E-state index is 0.00488. The SMILES string of the molecule is CCC1O[C@@H](O[C@@H]2C(COC(=O)c3ccccc3)O[C@@H](OC3CCC4(C)C(CCC5C4CCC4(C)C5CC(=O)C4[C@H](C)C(=O)CC[C@H](C)CO[C@@H]4OC(CC)[C@@H](C)[C@H](OC(=O)c5ccccc5)C4OC(=O)c4ccccc4)C3)C(C)[C@H]2C)C(C)[C@@H](C)[C@@H]1C. The van der Waals surface area contributed by atoms with Crippen LogP contribution in [0.5, 0.6) is 0 Å². The Morgan fingerprint density at radius 1 is 0.568 bits per heavy atom. The molecule has 14 nitrogen and oxygen atoms in total. The van der Waals surface area contributed by atoms with Crippen molar-refractivity contribution < 1.29 is 66.6 Å². The van der Waals surface area contributed by atoms with Gasteiger partial charge in [0.1, 0.15) is 30.4 Å². The average Bonchev–Trinajstić information content (AvgIpc) is 1.45. The Morgan fingerprint density at radius 2 is 1.11 bits per heavy atom. The van der Waals surface area contributed by atoms with Crippen molar-refractivity contribution in [2.24, 2.45) is 87.8 Å². The minimum atomic E-state index is -1.06. The van der Waals surface area contributed by atoms with Crippen molar-refractivity contribution in [2.45, 2.75) is 222 Å². The highest BCUT2D eigenvalue weighted by atomic mass is 16.7. The van der Waals surface area contributed by atoms with Crippen LogP contribution < -0.4 is 0 Å². The maximum absolute atomic E-state index is 14.5. The van der Waals surface area contributed by atoms with E-state index in [1.165, 1.54) is 0 Å². The quantitative estimate of drug-likeness (QED) is 0.0561. The molecule has 7 fully saturated rings. The molecular formula is C74H102O14. The van der Waals surface area contributed by atoms with E-state index in [0.29, 0.717) is 72.0 Å². The highest BCUT2D eigenvalue weighted by Crippen LogP contribution is 2.68. The first-order valence-corrected chi connectivity index (χ1v) is 33.8. The minimum Gasteiger partial charge on any atom is -0.459 e. The predicted molar refractivity (Wildman–Crippen MR) is 333 cm³/mol. The third-order valence-electron chi connectivity index (χ3n) is 23.7. The molecule has 3 heterocycles. The first kappa shape index (κ1) is 66.1. The number of carbonyl (C=O) groups is 5. The Balaban J connectivity index is 0.745. The fourth-order valence-corrected chi connectivity index (χ4v) is 17.7. The van der Waals surface area contributed by atoms with Crippen molar-refractivity contribution in [1.82, 2.24) is 0 Å². The van der Waals surface area contributed by atoms with Crippen LogP contribution in [0.3, 0.4) is 0 Å². The van der Waals surface area contributed by atoms with Crippen LogP contribution in [0.1, 0.15) is 191 Å². The lowest BCUT2D eigenvalue weighted by atomic mass is 9.44. The maximum Gasteiger partial charge on any atom is 0.338 e. The molecule has 4 aliphatic carbocycles. The number of Topliss-reactive ketones (excluding diaryl/α,β-unsaturated/α-hetero) is 2. The van der Waals surface area contributed by atoms with Crippen molar-refractivity contribution in [3.05, 3.63) is 108 Å². The predicted octanol–water partition coefficient (Wildman–Crippen LogP) is 14.4. The number of rotatable bonds is 21. The van der Waals surface area contributed by atoms with Crippen LogP contribution >= 0.6 is 0 Å². The second-order valence-electron chi connectivity index (χ2n) is 28.8. The number of ketones is 2. The fourth-order valence-electron chi connectivity index (χ4n) is 17.7. The molecule has 0 bridgehead atoms. The summed E-state index contributed by atoms with van der Waals surface area (Å²) in [5.74, 6) is 0.377. The normalized spacial score (nSPS) is 39.6. The lowest BCUT2D eigenvalue weighted by Crippen LogP contribution is -2.57. The molecule has 3 aliphatic heterocycles. The molecule has 7 aliphatic rings. The molecule has 0 aromatic heterocycles. The van der Waals surface area contributed by atoms with Crippen LogP contribution in [0, 0.1) is 87.8 Å². The van der Waals surface area contributed by atoms with E-state index >= 15 is 0 Å². The molecule has 0 radical (unpaired) electrons. The van der Waals surface area contributed by atoms with Crippen LogP contribution in [0.2, 0.25) is 0 Å². The largest absolute Gasteiger partial charge is 0.459 e. The van der Waals surface area contributed by atoms with E-state index in [2.05, 4.69) is 55.4 Å². The van der Waals surface area contributed by atoms with Gasteiger partial charge in [0.2, 0.25) is 0 Å². The van der Waals surface area contributed by atoms with Crippen LogP contribution in [-0.2, 0) is 52.2 Å². The Kier molecular flexibility index (Phi) is 21.3. The van der Waals surface area contributed by atoms with E-state index < -0.39 is 61.0 Å². The second kappa shape index (κ2) is 28.4. The van der Waals surface area contributed by atoms with Crippen LogP contribution in [0.15, 0.2) is 91.0 Å². The molecule has 0 N–H and O–H groups in total. The molecule has 3 aromatic carbocycles. The smallest absolute Gasteiger partial charge is 0.338 e. The van der Waals surface area contributed by atoms with Gasteiger partial charge in [-0.15, -0.1) is 0 Å². The molecule has 4 saturated carbocycles. The van der Waals surface area contributed by atoms with Gasteiger partial charge in [-0.2, -0.15) is 0 Å². The van der Waals surface area contributed by atoms with Gasteiger partial charge in [-0.25, -0.2) is 14.4 Å². The van der Waals surface area contributed by atoms with Gasteiger partial charge >= 0.3 is 17.9 Å². The summed E-state index contributed by atoms with van der Waals surface area (Å²) in [6, 6.07) is 26.5. The topological polar surface area (TPSA) is 168 Å². The van der Waals surface area contributed by atoms with E-state index in [1.807, 2.05) is 58.0 Å². The van der Waals surface area contributed by atoms with Crippen molar-refractivity contribution in [3.63, 3.8) is 0 Å². The molecule has 0 amide bonds. The summed E-state index contributed by atoms with van der Waals surface area (Å²) in [6.07, 6.45) is 4.93. The lowest BCUT2D eigenvalue weighted by Gasteiger charge is -2.61. The van der Waals surface area contributed by atoms with Crippen molar-refractivity contribution in [2.75, 3.05) is 13.2 Å².